The fraction of sp³-hybridized carbons (Fsp3) is 0.154. The van der Waals surface area contributed by atoms with Crippen molar-refractivity contribution in [2.75, 3.05) is 0 Å². The van der Waals surface area contributed by atoms with Gasteiger partial charge in [-0.1, -0.05) is 23.6 Å². The minimum absolute atomic E-state index is 0.328. The van der Waals surface area contributed by atoms with Gasteiger partial charge in [-0.25, -0.2) is 4.09 Å². The summed E-state index contributed by atoms with van der Waals surface area (Å²) in [6.07, 6.45) is 1.69. The first-order chi connectivity index (χ1) is 8.70. The molecule has 0 amide bonds. The van der Waals surface area contributed by atoms with E-state index in [1.807, 2.05) is 18.2 Å². The van der Waals surface area contributed by atoms with Gasteiger partial charge in [-0.15, -0.1) is 11.0 Å². The van der Waals surface area contributed by atoms with Gasteiger partial charge in [-0.2, -0.15) is 0 Å². The number of ether oxygens (including phenoxy) is 1. The number of hydrogen-bond donors (Lipinski definition) is 1. The number of halogens is 1. The molecule has 0 saturated heterocycles. The minimum atomic E-state index is 0.328. The fourth-order valence-corrected chi connectivity index (χ4v) is 1.86. The fourth-order valence-electron chi connectivity index (χ4n) is 1.48. The van der Waals surface area contributed by atoms with Crippen molar-refractivity contribution in [3.05, 3.63) is 46.6 Å². The smallest absolute Gasteiger partial charge is 0.234 e. The predicted octanol–water partition coefficient (Wildman–Crippen LogP) is 3.18. The average molecular weight is 279 g/mol. The molecule has 0 spiro atoms. The maximum absolute atomic E-state index is 6.15. The van der Waals surface area contributed by atoms with Crippen LogP contribution in [0.2, 0.25) is 5.02 Å². The van der Waals surface area contributed by atoms with E-state index < -0.39 is 0 Å². The van der Waals surface area contributed by atoms with Crippen molar-refractivity contribution in [2.24, 2.45) is 0 Å². The van der Waals surface area contributed by atoms with E-state index in [0.717, 1.165) is 11.1 Å². The monoisotopic (exact) mass is 278 g/mol. The van der Waals surface area contributed by atoms with Gasteiger partial charge in [0.05, 0.1) is 0 Å². The van der Waals surface area contributed by atoms with Crippen LogP contribution in [0.5, 0.6) is 5.88 Å². The van der Waals surface area contributed by atoms with Gasteiger partial charge in [0.25, 0.3) is 0 Å². The molecule has 0 aliphatic rings. The van der Waals surface area contributed by atoms with E-state index in [4.69, 9.17) is 16.3 Å². The molecule has 0 unspecified atom stereocenters. The van der Waals surface area contributed by atoms with Crippen LogP contribution in [0.1, 0.15) is 18.1 Å². The number of nitrogens with zero attached hydrogens (tertiary/aromatic N) is 2. The Morgan fingerprint density at radius 2 is 2.28 bits per heavy atom. The highest BCUT2D eigenvalue weighted by molar-refractivity contribution is 7.78. The Balaban J connectivity index is 2.19. The minimum Gasteiger partial charge on any atom is -0.472 e. The van der Waals surface area contributed by atoms with E-state index >= 15 is 0 Å². The number of benzene rings is 1. The van der Waals surface area contributed by atoms with Crippen molar-refractivity contribution in [2.45, 2.75) is 13.5 Å². The average Bonchev–Trinajstić information content (AvgIpc) is 2.75. The van der Waals surface area contributed by atoms with Gasteiger partial charge in [0, 0.05) is 28.4 Å². The van der Waals surface area contributed by atoms with Gasteiger partial charge in [0.15, 0.2) is 0 Å². The number of thiol groups is 1. The molecule has 0 saturated carbocycles. The molecular weight excluding hydrogens is 268 g/mol. The molecule has 18 heavy (non-hydrogen) atoms. The lowest BCUT2D eigenvalue weighted by molar-refractivity contribution is 0.292. The maximum atomic E-state index is 6.15. The zero-order valence-electron chi connectivity index (χ0n) is 9.72. The van der Waals surface area contributed by atoms with E-state index in [0.29, 0.717) is 17.5 Å². The van der Waals surface area contributed by atoms with Crippen LogP contribution >= 0.6 is 24.4 Å². The number of rotatable bonds is 3. The normalized spacial score (nSPS) is 9.72. The Morgan fingerprint density at radius 1 is 1.44 bits per heavy atom. The molecule has 5 heteroatoms. The van der Waals surface area contributed by atoms with Crippen molar-refractivity contribution >= 4 is 24.4 Å². The second-order valence-corrected chi connectivity index (χ2v) is 4.32. The Morgan fingerprint density at radius 3 is 2.94 bits per heavy atom. The highest BCUT2D eigenvalue weighted by atomic mass is 35.5. The quantitative estimate of drug-likeness (QED) is 0.690. The summed E-state index contributed by atoms with van der Waals surface area (Å²) >= 11 is 10.2. The largest absolute Gasteiger partial charge is 0.472 e. The summed E-state index contributed by atoms with van der Waals surface area (Å²) in [7, 11) is 0. The molecule has 0 aliphatic carbocycles. The van der Waals surface area contributed by atoms with Crippen molar-refractivity contribution < 1.29 is 4.74 Å². The van der Waals surface area contributed by atoms with Crippen molar-refractivity contribution in [3.63, 3.8) is 0 Å². The number of hydrogen-bond acceptors (Lipinski definition) is 3. The molecule has 1 heterocycles. The van der Waals surface area contributed by atoms with Gasteiger partial charge >= 0.3 is 0 Å². The maximum Gasteiger partial charge on any atom is 0.234 e. The van der Waals surface area contributed by atoms with Gasteiger partial charge in [0.2, 0.25) is 5.88 Å². The third-order valence-electron chi connectivity index (χ3n) is 2.29. The first-order valence-corrected chi connectivity index (χ1v) is 6.06. The Labute approximate surface area is 116 Å². The summed E-state index contributed by atoms with van der Waals surface area (Å²) in [6.45, 7) is 2.11. The standard InChI is InChI=1S/C13H11ClN2OS/c1-2-4-10-5-3-6-12(14)11(10)9-17-13-7-8-16(18)15-13/h3,5-8,18H,9H2,1H3. The van der Waals surface area contributed by atoms with Crippen molar-refractivity contribution in [1.82, 2.24) is 9.19 Å². The van der Waals surface area contributed by atoms with E-state index in [1.54, 1.807) is 19.2 Å². The summed E-state index contributed by atoms with van der Waals surface area (Å²) in [5, 5.41) is 4.65. The van der Waals surface area contributed by atoms with E-state index in [-0.39, 0.29) is 0 Å². The third-order valence-corrected chi connectivity index (χ3v) is 2.87. The van der Waals surface area contributed by atoms with Crippen LogP contribution in [0.3, 0.4) is 0 Å². The Bertz CT molecular complexity index is 613. The highest BCUT2D eigenvalue weighted by Gasteiger charge is 2.07. The molecule has 3 nitrogen and oxygen atoms in total. The summed E-state index contributed by atoms with van der Waals surface area (Å²) in [6, 6.07) is 7.33. The molecule has 92 valence electrons. The van der Waals surface area contributed by atoms with Crippen LogP contribution in [0, 0.1) is 11.8 Å². The van der Waals surface area contributed by atoms with Crippen LogP contribution in [0.25, 0.3) is 0 Å². The van der Waals surface area contributed by atoms with Crippen LogP contribution < -0.4 is 4.74 Å². The molecule has 1 aromatic heterocycles. The summed E-state index contributed by atoms with van der Waals surface area (Å²) in [4.78, 5) is 0. The first kappa shape index (κ1) is 12.9. The Hall–Kier alpha value is -1.57. The molecule has 0 aliphatic heterocycles. The molecule has 0 radical (unpaired) electrons. The van der Waals surface area contributed by atoms with Crippen LogP contribution in [0.4, 0.5) is 0 Å². The predicted molar refractivity (Wildman–Crippen MR) is 74.9 cm³/mol. The molecule has 0 fully saturated rings. The molecule has 1 aromatic carbocycles. The molecule has 0 N–H and O–H groups in total. The van der Waals surface area contributed by atoms with Crippen LogP contribution in [-0.2, 0) is 6.61 Å². The van der Waals surface area contributed by atoms with Gasteiger partial charge < -0.3 is 4.74 Å². The highest BCUT2D eigenvalue weighted by Crippen LogP contribution is 2.21. The molecular formula is C13H11ClN2OS. The third kappa shape index (κ3) is 3.00. The van der Waals surface area contributed by atoms with Crippen LogP contribution in [-0.4, -0.2) is 9.19 Å². The van der Waals surface area contributed by atoms with Gasteiger partial charge in [-0.3, -0.25) is 0 Å². The van der Waals surface area contributed by atoms with Gasteiger partial charge in [-0.05, 0) is 31.9 Å². The lowest BCUT2D eigenvalue weighted by Crippen LogP contribution is -2.00. The van der Waals surface area contributed by atoms with Crippen LogP contribution in [0.15, 0.2) is 30.5 Å². The number of aromatic nitrogens is 2. The first-order valence-electron chi connectivity index (χ1n) is 5.28. The van der Waals surface area contributed by atoms with E-state index in [1.165, 1.54) is 4.09 Å². The zero-order valence-corrected chi connectivity index (χ0v) is 11.4. The second-order valence-electron chi connectivity index (χ2n) is 3.50. The summed E-state index contributed by atoms with van der Waals surface area (Å²) < 4.78 is 6.93. The lowest BCUT2D eigenvalue weighted by Gasteiger charge is -2.07. The van der Waals surface area contributed by atoms with Crippen molar-refractivity contribution in [1.29, 1.82) is 0 Å². The van der Waals surface area contributed by atoms with Crippen molar-refractivity contribution in [3.8, 4) is 17.7 Å². The Kier molecular flexibility index (Phi) is 4.19. The zero-order chi connectivity index (χ0) is 13.0. The lowest BCUT2D eigenvalue weighted by atomic mass is 10.1. The molecule has 2 aromatic rings. The summed E-state index contributed by atoms with van der Waals surface area (Å²) in [5.74, 6) is 6.36. The summed E-state index contributed by atoms with van der Waals surface area (Å²) in [5.41, 5.74) is 1.73. The molecule has 0 atom stereocenters. The van der Waals surface area contributed by atoms with E-state index in [9.17, 15) is 0 Å². The topological polar surface area (TPSA) is 27.1 Å². The molecule has 0 bridgehead atoms. The second kappa shape index (κ2) is 5.85. The van der Waals surface area contributed by atoms with Gasteiger partial charge in [0.1, 0.15) is 6.61 Å². The molecule has 2 rings (SSSR count). The van der Waals surface area contributed by atoms with E-state index in [2.05, 4.69) is 29.8 Å². The SMILES string of the molecule is CC#Cc1cccc(Cl)c1COc1ccn(S)n1.